The maximum Gasteiger partial charge on any atom is 0.224 e. The van der Waals surface area contributed by atoms with Gasteiger partial charge in [-0.1, -0.05) is 19.8 Å². The van der Waals surface area contributed by atoms with Crippen molar-refractivity contribution in [3.8, 4) is 5.75 Å². The quantitative estimate of drug-likeness (QED) is 0.461. The highest BCUT2D eigenvalue weighted by atomic mass is 16.5. The van der Waals surface area contributed by atoms with Crippen LogP contribution < -0.4 is 10.1 Å². The first-order valence-corrected chi connectivity index (χ1v) is 9.59. The minimum absolute atomic E-state index is 0.0550. The highest BCUT2D eigenvalue weighted by Gasteiger charge is 2.11. The largest absolute Gasteiger partial charge is 0.494 e. The molecule has 1 amide bonds. The molecule has 2 aromatic rings. The summed E-state index contributed by atoms with van der Waals surface area (Å²) in [5.74, 6) is 0.519. The minimum Gasteiger partial charge on any atom is -0.494 e. The molecule has 0 aliphatic heterocycles. The summed E-state index contributed by atoms with van der Waals surface area (Å²) in [6, 6.07) is 7.35. The molecule has 0 atom stereocenters. The number of carbonyl (C=O) groups is 2. The molecule has 0 saturated heterocycles. The molecule has 1 aromatic heterocycles. The van der Waals surface area contributed by atoms with Gasteiger partial charge >= 0.3 is 0 Å². The Morgan fingerprint density at radius 3 is 2.52 bits per heavy atom. The third-order valence-corrected chi connectivity index (χ3v) is 4.19. The van der Waals surface area contributed by atoms with E-state index in [4.69, 9.17) is 4.74 Å². The van der Waals surface area contributed by atoms with Crippen LogP contribution >= 0.6 is 0 Å². The lowest BCUT2D eigenvalue weighted by molar-refractivity contribution is -0.116. The van der Waals surface area contributed by atoms with Crippen LogP contribution in [0.5, 0.6) is 5.75 Å². The summed E-state index contributed by atoms with van der Waals surface area (Å²) < 4.78 is 7.41. The Morgan fingerprint density at radius 1 is 1.15 bits per heavy atom. The highest BCUT2D eigenvalue weighted by Crippen LogP contribution is 2.15. The maximum atomic E-state index is 12.3. The van der Waals surface area contributed by atoms with Crippen molar-refractivity contribution in [1.29, 1.82) is 0 Å². The van der Waals surface area contributed by atoms with Crippen LogP contribution in [0.1, 0.15) is 69.3 Å². The fourth-order valence-electron chi connectivity index (χ4n) is 2.56. The zero-order chi connectivity index (χ0) is 19.6. The van der Waals surface area contributed by atoms with Crippen molar-refractivity contribution in [2.24, 2.45) is 0 Å². The van der Waals surface area contributed by atoms with E-state index in [9.17, 15) is 9.59 Å². The number of Topliss-reactive ketones (excluding diaryl/α,β-unsaturated/α-hetero) is 1. The molecule has 6 nitrogen and oxygen atoms in total. The molecule has 1 aromatic carbocycles. The lowest BCUT2D eigenvalue weighted by atomic mass is 10.1. The number of hydrogen-bond donors (Lipinski definition) is 1. The summed E-state index contributed by atoms with van der Waals surface area (Å²) in [4.78, 5) is 24.3. The molecule has 0 radical (unpaired) electrons. The van der Waals surface area contributed by atoms with Gasteiger partial charge < -0.3 is 10.1 Å². The van der Waals surface area contributed by atoms with Crippen LogP contribution in [-0.2, 0) is 4.79 Å². The van der Waals surface area contributed by atoms with Crippen molar-refractivity contribution in [3.05, 3.63) is 42.2 Å². The Hall–Kier alpha value is -2.63. The second-order valence-electron chi connectivity index (χ2n) is 6.85. The Labute approximate surface area is 160 Å². The molecular formula is C21H29N3O3. The molecule has 2 rings (SSSR count). The van der Waals surface area contributed by atoms with Crippen molar-refractivity contribution in [2.75, 3.05) is 11.9 Å². The van der Waals surface area contributed by atoms with E-state index < -0.39 is 0 Å². The molecule has 27 heavy (non-hydrogen) atoms. The second-order valence-corrected chi connectivity index (χ2v) is 6.85. The molecule has 0 bridgehead atoms. The van der Waals surface area contributed by atoms with Crippen molar-refractivity contribution >= 4 is 17.4 Å². The van der Waals surface area contributed by atoms with E-state index >= 15 is 0 Å². The smallest absolute Gasteiger partial charge is 0.224 e. The molecule has 0 aliphatic carbocycles. The standard InChI is InChI=1S/C21H29N3O3/c1-4-5-6-13-27-19-9-7-17(8-10-19)20(25)11-12-21(26)23-18-14-22-24(15-18)16(2)3/h7-10,14-16H,4-6,11-13H2,1-3H3,(H,23,26). The Bertz CT molecular complexity index is 735. The van der Waals surface area contributed by atoms with Gasteiger partial charge in [0.15, 0.2) is 5.78 Å². The van der Waals surface area contributed by atoms with Gasteiger partial charge in [-0.2, -0.15) is 5.10 Å². The zero-order valence-corrected chi connectivity index (χ0v) is 16.4. The average Bonchev–Trinajstić information content (AvgIpc) is 3.12. The van der Waals surface area contributed by atoms with Crippen molar-refractivity contribution in [1.82, 2.24) is 9.78 Å². The fraction of sp³-hybridized carbons (Fsp3) is 0.476. The minimum atomic E-state index is -0.192. The van der Waals surface area contributed by atoms with Gasteiger partial charge in [-0.3, -0.25) is 14.3 Å². The van der Waals surface area contributed by atoms with Crippen LogP contribution in [0.4, 0.5) is 5.69 Å². The number of anilines is 1. The molecule has 0 fully saturated rings. The number of nitrogens with one attached hydrogen (secondary N) is 1. The number of benzene rings is 1. The van der Waals surface area contributed by atoms with Gasteiger partial charge in [-0.15, -0.1) is 0 Å². The van der Waals surface area contributed by atoms with Crippen molar-refractivity contribution in [3.63, 3.8) is 0 Å². The van der Waals surface area contributed by atoms with Crippen LogP contribution in [0.3, 0.4) is 0 Å². The number of unbranched alkanes of at least 4 members (excludes halogenated alkanes) is 2. The lowest BCUT2D eigenvalue weighted by Crippen LogP contribution is -2.13. The SMILES string of the molecule is CCCCCOc1ccc(C(=O)CCC(=O)Nc2cnn(C(C)C)c2)cc1. The summed E-state index contributed by atoms with van der Waals surface area (Å²) in [5.41, 5.74) is 1.24. The molecule has 0 saturated carbocycles. The number of amides is 1. The fourth-order valence-corrected chi connectivity index (χ4v) is 2.56. The van der Waals surface area contributed by atoms with E-state index in [0.29, 0.717) is 17.9 Å². The third-order valence-electron chi connectivity index (χ3n) is 4.19. The first kappa shape index (κ1) is 20.7. The molecule has 0 spiro atoms. The molecule has 0 aliphatic rings. The van der Waals surface area contributed by atoms with E-state index in [-0.39, 0.29) is 30.6 Å². The van der Waals surface area contributed by atoms with Gasteiger partial charge in [0, 0.05) is 30.6 Å². The van der Waals surface area contributed by atoms with Gasteiger partial charge in [0.25, 0.3) is 0 Å². The molecule has 1 heterocycles. The van der Waals surface area contributed by atoms with Crippen LogP contribution in [0, 0.1) is 0 Å². The van der Waals surface area contributed by atoms with Crippen LogP contribution in [-0.4, -0.2) is 28.1 Å². The predicted octanol–water partition coefficient (Wildman–Crippen LogP) is 4.63. The summed E-state index contributed by atoms with van der Waals surface area (Å²) in [5, 5.41) is 6.95. The molecule has 0 unspecified atom stereocenters. The van der Waals surface area contributed by atoms with E-state index in [1.54, 1.807) is 41.3 Å². The normalized spacial score (nSPS) is 10.8. The topological polar surface area (TPSA) is 73.2 Å². The van der Waals surface area contributed by atoms with Gasteiger partial charge in [-0.05, 0) is 44.5 Å². The first-order chi connectivity index (χ1) is 13.0. The van der Waals surface area contributed by atoms with E-state index in [1.165, 1.54) is 0 Å². The van der Waals surface area contributed by atoms with E-state index in [0.717, 1.165) is 25.0 Å². The Morgan fingerprint density at radius 2 is 1.89 bits per heavy atom. The van der Waals surface area contributed by atoms with Crippen LogP contribution in [0.25, 0.3) is 0 Å². The number of aromatic nitrogens is 2. The number of ketones is 1. The molecule has 1 N–H and O–H groups in total. The number of ether oxygens (including phenoxy) is 1. The summed E-state index contributed by atoms with van der Waals surface area (Å²) >= 11 is 0. The van der Waals surface area contributed by atoms with Gasteiger partial charge in [0.2, 0.25) is 5.91 Å². The van der Waals surface area contributed by atoms with E-state index in [1.807, 2.05) is 13.8 Å². The number of rotatable bonds is 11. The van der Waals surface area contributed by atoms with Gasteiger partial charge in [0.05, 0.1) is 18.5 Å². The molecule has 146 valence electrons. The van der Waals surface area contributed by atoms with Gasteiger partial charge in [0.1, 0.15) is 5.75 Å². The second kappa shape index (κ2) is 10.5. The highest BCUT2D eigenvalue weighted by molar-refractivity contribution is 6.00. The number of hydrogen-bond acceptors (Lipinski definition) is 4. The van der Waals surface area contributed by atoms with Gasteiger partial charge in [-0.25, -0.2) is 0 Å². The average molecular weight is 371 g/mol. The Balaban J connectivity index is 1.76. The molecular weight excluding hydrogens is 342 g/mol. The van der Waals surface area contributed by atoms with Crippen molar-refractivity contribution < 1.29 is 14.3 Å². The maximum absolute atomic E-state index is 12.3. The Kier molecular flexibility index (Phi) is 8.04. The third kappa shape index (κ3) is 6.89. The zero-order valence-electron chi connectivity index (χ0n) is 16.4. The van der Waals surface area contributed by atoms with E-state index in [2.05, 4.69) is 17.3 Å². The number of carbonyl (C=O) groups excluding carboxylic acids is 2. The lowest BCUT2D eigenvalue weighted by Gasteiger charge is -2.07. The molecule has 6 heteroatoms. The summed E-state index contributed by atoms with van der Waals surface area (Å²) in [6.07, 6.45) is 7.04. The summed E-state index contributed by atoms with van der Waals surface area (Å²) in [6.45, 7) is 6.87. The van der Waals surface area contributed by atoms with Crippen LogP contribution in [0.15, 0.2) is 36.7 Å². The number of nitrogens with zero attached hydrogens (tertiary/aromatic N) is 2. The summed E-state index contributed by atoms with van der Waals surface area (Å²) in [7, 11) is 0. The first-order valence-electron chi connectivity index (χ1n) is 9.59. The van der Waals surface area contributed by atoms with Crippen molar-refractivity contribution in [2.45, 2.75) is 58.9 Å². The monoisotopic (exact) mass is 371 g/mol. The predicted molar refractivity (Wildman–Crippen MR) is 106 cm³/mol. The van der Waals surface area contributed by atoms with Crippen LogP contribution in [0.2, 0.25) is 0 Å².